The standard InChI is InChI=1S/C18H19ClN4O4/c1-20-15-14(16(25)22(17(20)26)8-3-9-24)23-10-13(27-18(23)21(15)2)11-4-6-12(19)7-5-11/h4-7,10,18,24H,3,8-9H2,1-2H3. The van der Waals surface area contributed by atoms with Crippen molar-refractivity contribution in [3.05, 3.63) is 61.9 Å². The summed E-state index contributed by atoms with van der Waals surface area (Å²) in [6.07, 6.45) is 1.55. The molecular formula is C18H19ClN4O4. The Morgan fingerprint density at radius 3 is 2.56 bits per heavy atom. The van der Waals surface area contributed by atoms with Gasteiger partial charge < -0.3 is 14.7 Å². The van der Waals surface area contributed by atoms with E-state index in [1.165, 1.54) is 4.57 Å². The van der Waals surface area contributed by atoms with Crippen LogP contribution in [0.25, 0.3) is 5.76 Å². The highest BCUT2D eigenvalue weighted by atomic mass is 35.5. The SMILES string of the molecule is CN1c2c(c(=O)n(CCCO)c(=O)n2C)N2C=C(c3ccc(Cl)cc3)OC12. The van der Waals surface area contributed by atoms with Gasteiger partial charge in [-0.1, -0.05) is 11.6 Å². The molecule has 0 saturated heterocycles. The second-order valence-corrected chi connectivity index (χ2v) is 6.95. The second kappa shape index (κ2) is 6.47. The van der Waals surface area contributed by atoms with Crippen LogP contribution in [-0.4, -0.2) is 34.2 Å². The van der Waals surface area contributed by atoms with E-state index in [9.17, 15) is 9.59 Å². The number of hydrogen-bond donors (Lipinski definition) is 1. The predicted octanol–water partition coefficient (Wildman–Crippen LogP) is 1.15. The molecule has 9 heteroatoms. The molecule has 1 aromatic heterocycles. The highest BCUT2D eigenvalue weighted by Gasteiger charge is 2.43. The smallest absolute Gasteiger partial charge is 0.332 e. The largest absolute Gasteiger partial charge is 0.450 e. The van der Waals surface area contributed by atoms with Gasteiger partial charge in [-0.05, 0) is 30.7 Å². The first-order valence-corrected chi connectivity index (χ1v) is 8.92. The quantitative estimate of drug-likeness (QED) is 0.843. The molecule has 2 aromatic rings. The van der Waals surface area contributed by atoms with E-state index in [-0.39, 0.29) is 13.2 Å². The van der Waals surface area contributed by atoms with E-state index >= 15 is 0 Å². The van der Waals surface area contributed by atoms with Crippen molar-refractivity contribution < 1.29 is 9.84 Å². The number of benzene rings is 1. The zero-order valence-electron chi connectivity index (χ0n) is 14.9. The third-order valence-electron chi connectivity index (χ3n) is 4.81. The van der Waals surface area contributed by atoms with Gasteiger partial charge in [-0.2, -0.15) is 0 Å². The van der Waals surface area contributed by atoms with Crippen molar-refractivity contribution in [2.45, 2.75) is 19.3 Å². The molecule has 1 unspecified atom stereocenters. The van der Waals surface area contributed by atoms with Gasteiger partial charge in [0.1, 0.15) is 11.6 Å². The molecule has 0 fully saturated rings. The van der Waals surface area contributed by atoms with Crippen LogP contribution in [0.1, 0.15) is 12.0 Å². The van der Waals surface area contributed by atoms with Crippen molar-refractivity contribution in [1.29, 1.82) is 0 Å². The van der Waals surface area contributed by atoms with Gasteiger partial charge in [0.05, 0.1) is 6.20 Å². The number of aromatic nitrogens is 2. The predicted molar refractivity (Wildman–Crippen MR) is 103 cm³/mol. The second-order valence-electron chi connectivity index (χ2n) is 6.51. The van der Waals surface area contributed by atoms with Crippen molar-refractivity contribution in [3.63, 3.8) is 0 Å². The maximum Gasteiger partial charge on any atom is 0.332 e. The fraction of sp³-hybridized carbons (Fsp3) is 0.333. The fourth-order valence-electron chi connectivity index (χ4n) is 3.49. The van der Waals surface area contributed by atoms with E-state index in [1.807, 2.05) is 12.1 Å². The molecule has 8 nitrogen and oxygen atoms in total. The number of aliphatic hydroxyl groups is 1. The lowest BCUT2D eigenvalue weighted by molar-refractivity contribution is 0.198. The third kappa shape index (κ3) is 2.64. The molecule has 0 aliphatic carbocycles. The Bertz CT molecular complexity index is 1040. The van der Waals surface area contributed by atoms with Crippen molar-refractivity contribution in [2.75, 3.05) is 23.5 Å². The molecule has 0 saturated carbocycles. The highest BCUT2D eigenvalue weighted by molar-refractivity contribution is 6.30. The van der Waals surface area contributed by atoms with E-state index in [1.54, 1.807) is 42.2 Å². The Kier molecular flexibility index (Phi) is 4.24. The molecule has 2 aliphatic rings. The molecule has 1 atom stereocenters. The van der Waals surface area contributed by atoms with E-state index in [0.717, 1.165) is 10.1 Å². The number of rotatable bonds is 4. The molecule has 1 N–H and O–H groups in total. The topological polar surface area (TPSA) is 79.9 Å². The van der Waals surface area contributed by atoms with Gasteiger partial charge in [-0.3, -0.25) is 18.8 Å². The number of aliphatic hydroxyl groups excluding tert-OH is 1. The Morgan fingerprint density at radius 2 is 1.89 bits per heavy atom. The first-order chi connectivity index (χ1) is 12.9. The molecule has 2 aliphatic heterocycles. The normalized spacial score (nSPS) is 17.6. The minimum Gasteiger partial charge on any atom is -0.450 e. The lowest BCUT2D eigenvalue weighted by Crippen LogP contribution is -2.40. The fourth-order valence-corrected chi connectivity index (χ4v) is 3.62. The van der Waals surface area contributed by atoms with Crippen LogP contribution in [0.5, 0.6) is 0 Å². The van der Waals surface area contributed by atoms with Crippen LogP contribution in [0.2, 0.25) is 5.02 Å². The lowest BCUT2D eigenvalue weighted by atomic mass is 10.2. The summed E-state index contributed by atoms with van der Waals surface area (Å²) in [5.74, 6) is 1.12. The Morgan fingerprint density at radius 1 is 1.19 bits per heavy atom. The molecule has 142 valence electrons. The number of nitrogens with zero attached hydrogens (tertiary/aromatic N) is 4. The molecule has 4 rings (SSSR count). The van der Waals surface area contributed by atoms with Crippen LogP contribution in [-0.2, 0) is 18.3 Å². The monoisotopic (exact) mass is 390 g/mol. The molecule has 3 heterocycles. The van der Waals surface area contributed by atoms with E-state index in [0.29, 0.717) is 28.7 Å². The molecule has 0 spiro atoms. The maximum atomic E-state index is 13.0. The number of anilines is 2. The van der Waals surface area contributed by atoms with Crippen molar-refractivity contribution in [3.8, 4) is 0 Å². The third-order valence-corrected chi connectivity index (χ3v) is 5.07. The van der Waals surface area contributed by atoms with Crippen LogP contribution in [0.3, 0.4) is 0 Å². The van der Waals surface area contributed by atoms with Crippen molar-refractivity contribution in [2.24, 2.45) is 7.05 Å². The molecule has 0 radical (unpaired) electrons. The summed E-state index contributed by atoms with van der Waals surface area (Å²) in [6, 6.07) is 7.23. The zero-order chi connectivity index (χ0) is 19.3. The highest BCUT2D eigenvalue weighted by Crippen LogP contribution is 2.41. The van der Waals surface area contributed by atoms with Gasteiger partial charge in [0, 0.05) is 37.8 Å². The Balaban J connectivity index is 1.83. The molecule has 0 bridgehead atoms. The van der Waals surface area contributed by atoms with Gasteiger partial charge in [-0.25, -0.2) is 4.79 Å². The molecule has 27 heavy (non-hydrogen) atoms. The van der Waals surface area contributed by atoms with Crippen LogP contribution in [0.4, 0.5) is 11.5 Å². The average molecular weight is 391 g/mol. The number of hydrogen-bond acceptors (Lipinski definition) is 6. The first-order valence-electron chi connectivity index (χ1n) is 8.54. The Labute approximate surface area is 160 Å². The first kappa shape index (κ1) is 17.7. The van der Waals surface area contributed by atoms with Gasteiger partial charge >= 0.3 is 5.69 Å². The zero-order valence-corrected chi connectivity index (χ0v) is 15.7. The van der Waals surface area contributed by atoms with Crippen LogP contribution < -0.4 is 21.0 Å². The summed E-state index contributed by atoms with van der Waals surface area (Å²) in [7, 11) is 3.40. The maximum absolute atomic E-state index is 13.0. The van der Waals surface area contributed by atoms with E-state index in [2.05, 4.69) is 0 Å². The summed E-state index contributed by atoms with van der Waals surface area (Å²) < 4.78 is 8.63. The average Bonchev–Trinajstić information content (AvgIpc) is 3.19. The summed E-state index contributed by atoms with van der Waals surface area (Å²) in [4.78, 5) is 29.1. The summed E-state index contributed by atoms with van der Waals surface area (Å²) in [5.41, 5.74) is 0.413. The van der Waals surface area contributed by atoms with E-state index in [4.69, 9.17) is 21.4 Å². The minimum atomic E-state index is -0.544. The minimum absolute atomic E-state index is 0.0946. The summed E-state index contributed by atoms with van der Waals surface area (Å²) in [5, 5.41) is 9.69. The van der Waals surface area contributed by atoms with Crippen LogP contribution in [0.15, 0.2) is 40.1 Å². The summed E-state index contributed by atoms with van der Waals surface area (Å²) in [6.45, 7) is 0.0643. The Hall–Kier alpha value is -2.71. The van der Waals surface area contributed by atoms with Gasteiger partial charge in [0.15, 0.2) is 5.69 Å². The van der Waals surface area contributed by atoms with Gasteiger partial charge in [-0.15, -0.1) is 0 Å². The van der Waals surface area contributed by atoms with Crippen LogP contribution in [0, 0.1) is 0 Å². The van der Waals surface area contributed by atoms with Crippen LogP contribution >= 0.6 is 11.6 Å². The van der Waals surface area contributed by atoms with Crippen molar-refractivity contribution >= 4 is 28.9 Å². The number of ether oxygens (including phenoxy) is 1. The van der Waals surface area contributed by atoms with Crippen molar-refractivity contribution in [1.82, 2.24) is 9.13 Å². The van der Waals surface area contributed by atoms with E-state index < -0.39 is 17.6 Å². The molecular weight excluding hydrogens is 372 g/mol. The number of fused-ring (bicyclic) bond motifs is 3. The lowest BCUT2D eigenvalue weighted by Gasteiger charge is -2.22. The van der Waals surface area contributed by atoms with Gasteiger partial charge in [0.25, 0.3) is 11.9 Å². The molecule has 0 amide bonds. The summed E-state index contributed by atoms with van der Waals surface area (Å²) >= 11 is 5.94. The number of halogens is 1. The van der Waals surface area contributed by atoms with Gasteiger partial charge in [0.2, 0.25) is 0 Å². The molecule has 1 aromatic carbocycles.